The lowest BCUT2D eigenvalue weighted by molar-refractivity contribution is -0.133. The highest BCUT2D eigenvalue weighted by molar-refractivity contribution is 5.91. The number of nitrogens with zero attached hydrogens (tertiary/aromatic N) is 3. The van der Waals surface area contributed by atoms with Crippen LogP contribution >= 0.6 is 0 Å². The van der Waals surface area contributed by atoms with Crippen LogP contribution in [-0.4, -0.2) is 53.6 Å². The number of piperidine rings is 1. The predicted molar refractivity (Wildman–Crippen MR) is 94.0 cm³/mol. The van der Waals surface area contributed by atoms with Crippen LogP contribution < -0.4 is 5.32 Å². The van der Waals surface area contributed by atoms with E-state index in [0.29, 0.717) is 19.1 Å². The van der Waals surface area contributed by atoms with Gasteiger partial charge in [0.1, 0.15) is 12.1 Å². The van der Waals surface area contributed by atoms with E-state index in [9.17, 15) is 4.79 Å². The van der Waals surface area contributed by atoms with Gasteiger partial charge in [0.15, 0.2) is 0 Å². The fraction of sp³-hybridized carbons (Fsp3) is 0.500. The van der Waals surface area contributed by atoms with E-state index in [1.54, 1.807) is 13.4 Å². The summed E-state index contributed by atoms with van der Waals surface area (Å²) in [6.45, 7) is 4.13. The molecule has 0 saturated carbocycles. The number of carbonyl (C=O) groups excluding carboxylic acids is 1. The second-order valence-electron chi connectivity index (χ2n) is 6.23. The Hall–Kier alpha value is -2.21. The third-order valence-electron chi connectivity index (χ3n) is 4.58. The number of methoxy groups -OCH3 is 1. The summed E-state index contributed by atoms with van der Waals surface area (Å²) >= 11 is 0. The lowest BCUT2D eigenvalue weighted by Crippen LogP contribution is -2.42. The van der Waals surface area contributed by atoms with E-state index >= 15 is 0 Å². The molecule has 1 amide bonds. The summed E-state index contributed by atoms with van der Waals surface area (Å²) in [4.78, 5) is 22.8. The van der Waals surface area contributed by atoms with E-state index in [1.807, 2.05) is 17.0 Å². The number of nitrogens with one attached hydrogen (secondary N) is 1. The highest BCUT2D eigenvalue weighted by Gasteiger charge is 2.23. The van der Waals surface area contributed by atoms with Crippen molar-refractivity contribution in [3.8, 4) is 0 Å². The van der Waals surface area contributed by atoms with Gasteiger partial charge in [-0.05, 0) is 31.4 Å². The molecule has 1 fully saturated rings. The first-order chi connectivity index (χ1) is 11.7. The minimum absolute atomic E-state index is 0.179. The molecule has 6 nitrogen and oxygen atoms in total. The highest BCUT2D eigenvalue weighted by atomic mass is 16.5. The van der Waals surface area contributed by atoms with Gasteiger partial charge in [-0.1, -0.05) is 12.1 Å². The Labute approximate surface area is 142 Å². The van der Waals surface area contributed by atoms with Gasteiger partial charge in [-0.2, -0.15) is 0 Å². The van der Waals surface area contributed by atoms with E-state index in [4.69, 9.17) is 4.74 Å². The van der Waals surface area contributed by atoms with Crippen molar-refractivity contribution in [3.05, 3.63) is 30.1 Å². The molecule has 0 radical (unpaired) electrons. The number of carbonyl (C=O) groups is 1. The molecule has 2 aromatic rings. The van der Waals surface area contributed by atoms with Crippen LogP contribution in [0.2, 0.25) is 0 Å². The summed E-state index contributed by atoms with van der Waals surface area (Å²) in [6, 6.07) is 6.42. The summed E-state index contributed by atoms with van der Waals surface area (Å²) in [6.07, 6.45) is 3.92. The maximum Gasteiger partial charge on any atom is 0.224 e. The Morgan fingerprint density at radius 3 is 2.88 bits per heavy atom. The van der Waals surface area contributed by atoms with Crippen LogP contribution in [0.1, 0.15) is 24.8 Å². The predicted octanol–water partition coefficient (Wildman–Crippen LogP) is 2.38. The van der Waals surface area contributed by atoms with Crippen LogP contribution in [0.5, 0.6) is 0 Å². The van der Waals surface area contributed by atoms with Gasteiger partial charge in [0, 0.05) is 31.6 Å². The summed E-state index contributed by atoms with van der Waals surface area (Å²) in [5.74, 6) is 1.07. The number of hydrogen-bond acceptors (Lipinski definition) is 5. The van der Waals surface area contributed by atoms with Gasteiger partial charge in [-0.3, -0.25) is 4.79 Å². The molecule has 0 bridgehead atoms. The first kappa shape index (κ1) is 16.6. The van der Waals surface area contributed by atoms with Gasteiger partial charge in [-0.25, -0.2) is 9.97 Å². The zero-order valence-corrected chi connectivity index (χ0v) is 14.3. The Morgan fingerprint density at radius 1 is 1.33 bits per heavy atom. The standard InChI is InChI=1S/C18H24N4O2/c1-13-4-3-5-15-17(13)18(20-12-19-15)21-14-6-9-22(10-7-14)16(23)8-11-24-2/h3-5,12,14H,6-11H2,1-2H3,(H,19,20,21). The average molecular weight is 328 g/mol. The maximum absolute atomic E-state index is 12.0. The van der Waals surface area contributed by atoms with Crippen LogP contribution in [-0.2, 0) is 9.53 Å². The number of ether oxygens (including phenoxy) is 1. The molecule has 0 unspecified atom stereocenters. The summed E-state index contributed by atoms with van der Waals surface area (Å²) in [5.41, 5.74) is 2.13. The zero-order chi connectivity index (χ0) is 16.9. The zero-order valence-electron chi connectivity index (χ0n) is 14.3. The molecule has 6 heteroatoms. The van der Waals surface area contributed by atoms with Crippen molar-refractivity contribution < 1.29 is 9.53 Å². The number of rotatable bonds is 5. The minimum atomic E-state index is 0.179. The van der Waals surface area contributed by atoms with E-state index in [0.717, 1.165) is 42.7 Å². The van der Waals surface area contributed by atoms with Crippen molar-refractivity contribution >= 4 is 22.6 Å². The van der Waals surface area contributed by atoms with Crippen molar-refractivity contribution in [2.24, 2.45) is 0 Å². The summed E-state index contributed by atoms with van der Waals surface area (Å²) < 4.78 is 4.98. The smallest absolute Gasteiger partial charge is 0.224 e. The first-order valence-corrected chi connectivity index (χ1v) is 8.42. The lowest BCUT2D eigenvalue weighted by Gasteiger charge is -2.33. The summed E-state index contributed by atoms with van der Waals surface area (Å²) in [5, 5.41) is 4.64. The molecule has 2 heterocycles. The molecular formula is C18H24N4O2. The van der Waals surface area contributed by atoms with Gasteiger partial charge < -0.3 is 15.0 Å². The van der Waals surface area contributed by atoms with Crippen molar-refractivity contribution in [2.75, 3.05) is 32.1 Å². The normalized spacial score (nSPS) is 15.7. The van der Waals surface area contributed by atoms with Crippen molar-refractivity contribution in [1.29, 1.82) is 0 Å². The fourth-order valence-electron chi connectivity index (χ4n) is 3.20. The van der Waals surface area contributed by atoms with Gasteiger partial charge >= 0.3 is 0 Å². The Morgan fingerprint density at radius 2 is 2.12 bits per heavy atom. The molecule has 1 aromatic heterocycles. The van der Waals surface area contributed by atoms with Gasteiger partial charge in [0.05, 0.1) is 18.5 Å². The van der Waals surface area contributed by atoms with E-state index in [2.05, 4.69) is 28.3 Å². The molecule has 1 aliphatic heterocycles. The molecule has 0 spiro atoms. The van der Waals surface area contributed by atoms with Gasteiger partial charge in [0.2, 0.25) is 5.91 Å². The molecule has 24 heavy (non-hydrogen) atoms. The Bertz CT molecular complexity index is 706. The van der Waals surface area contributed by atoms with Gasteiger partial charge in [-0.15, -0.1) is 0 Å². The van der Waals surface area contributed by atoms with Crippen molar-refractivity contribution in [1.82, 2.24) is 14.9 Å². The number of aromatic nitrogens is 2. The molecule has 1 saturated heterocycles. The molecule has 1 N–H and O–H groups in total. The molecular weight excluding hydrogens is 304 g/mol. The largest absolute Gasteiger partial charge is 0.384 e. The number of aryl methyl sites for hydroxylation is 1. The number of fused-ring (bicyclic) bond motifs is 1. The number of anilines is 1. The highest BCUT2D eigenvalue weighted by Crippen LogP contribution is 2.25. The van der Waals surface area contributed by atoms with Crippen LogP contribution in [0, 0.1) is 6.92 Å². The molecule has 1 aliphatic rings. The van der Waals surface area contributed by atoms with E-state index in [1.165, 1.54) is 5.56 Å². The number of amides is 1. The lowest BCUT2D eigenvalue weighted by atomic mass is 10.0. The molecule has 3 rings (SSSR count). The first-order valence-electron chi connectivity index (χ1n) is 8.42. The SMILES string of the molecule is COCCC(=O)N1CCC(Nc2ncnc3cccc(C)c23)CC1. The average Bonchev–Trinajstić information content (AvgIpc) is 2.60. The third-order valence-corrected chi connectivity index (χ3v) is 4.58. The Balaban J connectivity index is 1.64. The molecule has 128 valence electrons. The topological polar surface area (TPSA) is 67.3 Å². The quantitative estimate of drug-likeness (QED) is 0.913. The number of likely N-dealkylation sites (tertiary alicyclic amines) is 1. The number of hydrogen-bond donors (Lipinski definition) is 1. The fourth-order valence-corrected chi connectivity index (χ4v) is 3.20. The van der Waals surface area contributed by atoms with E-state index < -0.39 is 0 Å². The second-order valence-corrected chi connectivity index (χ2v) is 6.23. The molecule has 1 aromatic carbocycles. The van der Waals surface area contributed by atoms with Crippen molar-refractivity contribution in [3.63, 3.8) is 0 Å². The van der Waals surface area contributed by atoms with Crippen LogP contribution in [0.15, 0.2) is 24.5 Å². The summed E-state index contributed by atoms with van der Waals surface area (Å²) in [7, 11) is 1.62. The van der Waals surface area contributed by atoms with Crippen LogP contribution in [0.25, 0.3) is 10.9 Å². The maximum atomic E-state index is 12.0. The molecule has 0 aliphatic carbocycles. The molecule has 0 atom stereocenters. The van der Waals surface area contributed by atoms with E-state index in [-0.39, 0.29) is 5.91 Å². The van der Waals surface area contributed by atoms with Crippen molar-refractivity contribution in [2.45, 2.75) is 32.2 Å². The number of benzene rings is 1. The third kappa shape index (κ3) is 3.64. The van der Waals surface area contributed by atoms with Crippen LogP contribution in [0.4, 0.5) is 5.82 Å². The Kier molecular flexibility index (Phi) is 5.25. The van der Waals surface area contributed by atoms with Gasteiger partial charge in [0.25, 0.3) is 0 Å². The minimum Gasteiger partial charge on any atom is -0.384 e. The second kappa shape index (κ2) is 7.57. The monoisotopic (exact) mass is 328 g/mol. The van der Waals surface area contributed by atoms with Crippen LogP contribution in [0.3, 0.4) is 0 Å².